The summed E-state index contributed by atoms with van der Waals surface area (Å²) in [5.41, 5.74) is -0.873. The second-order valence-corrected chi connectivity index (χ2v) is 3.68. The molecule has 2 aromatic rings. The highest BCUT2D eigenvalue weighted by Crippen LogP contribution is 2.37. The van der Waals surface area contributed by atoms with Gasteiger partial charge in [0.1, 0.15) is 5.75 Å². The number of hydrogen-bond donors (Lipinski definition) is 0. The van der Waals surface area contributed by atoms with Gasteiger partial charge in [0, 0.05) is 6.07 Å². The van der Waals surface area contributed by atoms with Crippen LogP contribution < -0.4 is 4.74 Å². The summed E-state index contributed by atoms with van der Waals surface area (Å²) < 4.78 is 43.1. The Kier molecular flexibility index (Phi) is 3.38. The fourth-order valence-corrected chi connectivity index (χ4v) is 1.36. The highest BCUT2D eigenvalue weighted by Gasteiger charge is 2.34. The molecule has 0 unspecified atom stereocenters. The number of aromatic nitrogens is 2. The summed E-state index contributed by atoms with van der Waals surface area (Å²) in [6.45, 7) is 0. The van der Waals surface area contributed by atoms with Crippen LogP contribution in [0.15, 0.2) is 36.4 Å². The Balaban J connectivity index is 2.32. The van der Waals surface area contributed by atoms with Gasteiger partial charge in [-0.05, 0) is 18.2 Å². The lowest BCUT2D eigenvalue weighted by Crippen LogP contribution is -2.07. The van der Waals surface area contributed by atoms with Crippen LogP contribution in [0.3, 0.4) is 0 Å². The molecule has 0 spiro atoms. The lowest BCUT2D eigenvalue weighted by atomic mass is 10.2. The average molecular weight is 275 g/mol. The minimum atomic E-state index is -4.49. The van der Waals surface area contributed by atoms with Crippen molar-refractivity contribution in [2.24, 2.45) is 0 Å². The maximum absolute atomic E-state index is 12.7. The fraction of sp³-hybridized carbons (Fsp3) is 0.0909. The lowest BCUT2D eigenvalue weighted by molar-refractivity contribution is -0.138. The van der Waals surface area contributed by atoms with Crippen molar-refractivity contribution in [1.82, 2.24) is 10.2 Å². The van der Waals surface area contributed by atoms with E-state index in [1.165, 1.54) is 30.3 Å². The van der Waals surface area contributed by atoms with Crippen LogP contribution in [0.2, 0.25) is 5.15 Å². The van der Waals surface area contributed by atoms with Gasteiger partial charge in [0.05, 0.1) is 5.56 Å². The molecule has 0 aliphatic carbocycles. The quantitative estimate of drug-likeness (QED) is 0.832. The van der Waals surface area contributed by atoms with Gasteiger partial charge in [0.2, 0.25) is 5.88 Å². The van der Waals surface area contributed by atoms with Crippen LogP contribution in [0, 0.1) is 0 Å². The van der Waals surface area contributed by atoms with E-state index in [1.807, 2.05) is 0 Å². The molecular formula is C11H6ClF3N2O. The van der Waals surface area contributed by atoms with E-state index < -0.39 is 11.7 Å². The summed E-state index contributed by atoms with van der Waals surface area (Å²) in [6.07, 6.45) is -4.49. The summed E-state index contributed by atoms with van der Waals surface area (Å²) >= 11 is 5.51. The standard InChI is InChI=1S/C11H6ClF3N2O/c12-9-5-6-10(17-16-9)18-8-4-2-1-3-7(8)11(13,14)15/h1-6H. The van der Waals surface area contributed by atoms with E-state index >= 15 is 0 Å². The first-order chi connectivity index (χ1) is 8.47. The van der Waals surface area contributed by atoms with Crippen LogP contribution in [0.5, 0.6) is 11.6 Å². The Labute approximate surface area is 105 Å². The lowest BCUT2D eigenvalue weighted by Gasteiger charge is -2.12. The second kappa shape index (κ2) is 4.81. The zero-order chi connectivity index (χ0) is 13.2. The molecule has 1 heterocycles. The van der Waals surface area contributed by atoms with E-state index in [2.05, 4.69) is 10.2 Å². The van der Waals surface area contributed by atoms with Crippen LogP contribution in [0.4, 0.5) is 13.2 Å². The Morgan fingerprint density at radius 1 is 1.00 bits per heavy atom. The molecule has 0 bridgehead atoms. The molecule has 2 rings (SSSR count). The number of hydrogen-bond acceptors (Lipinski definition) is 3. The monoisotopic (exact) mass is 274 g/mol. The predicted octanol–water partition coefficient (Wildman–Crippen LogP) is 3.94. The first-order valence-corrected chi connectivity index (χ1v) is 5.18. The molecule has 0 aliphatic rings. The van der Waals surface area contributed by atoms with E-state index in [0.29, 0.717) is 0 Å². The number of ether oxygens (including phenoxy) is 1. The van der Waals surface area contributed by atoms with Crippen molar-refractivity contribution < 1.29 is 17.9 Å². The largest absolute Gasteiger partial charge is 0.437 e. The molecule has 1 aromatic heterocycles. The minimum absolute atomic E-state index is 0.0592. The third-order valence-electron chi connectivity index (χ3n) is 2.01. The van der Waals surface area contributed by atoms with Gasteiger partial charge in [-0.15, -0.1) is 10.2 Å². The number of halogens is 4. The van der Waals surface area contributed by atoms with E-state index in [1.54, 1.807) is 0 Å². The fourth-order valence-electron chi connectivity index (χ4n) is 1.26. The van der Waals surface area contributed by atoms with Crippen LogP contribution in [0.25, 0.3) is 0 Å². The van der Waals surface area contributed by atoms with Crippen LogP contribution >= 0.6 is 11.6 Å². The van der Waals surface area contributed by atoms with Gasteiger partial charge < -0.3 is 4.74 Å². The average Bonchev–Trinajstić information content (AvgIpc) is 2.31. The Morgan fingerprint density at radius 3 is 2.33 bits per heavy atom. The van der Waals surface area contributed by atoms with Gasteiger partial charge in [-0.2, -0.15) is 13.2 Å². The van der Waals surface area contributed by atoms with Gasteiger partial charge >= 0.3 is 6.18 Å². The van der Waals surface area contributed by atoms with Gasteiger partial charge in [-0.1, -0.05) is 23.7 Å². The smallest absolute Gasteiger partial charge is 0.419 e. The van der Waals surface area contributed by atoms with Crippen molar-refractivity contribution in [1.29, 1.82) is 0 Å². The molecule has 18 heavy (non-hydrogen) atoms. The summed E-state index contributed by atoms with van der Waals surface area (Å²) in [5.74, 6) is -0.391. The third-order valence-corrected chi connectivity index (χ3v) is 2.22. The number of nitrogens with zero attached hydrogens (tertiary/aromatic N) is 2. The molecule has 0 radical (unpaired) electrons. The molecule has 0 saturated heterocycles. The first-order valence-electron chi connectivity index (χ1n) is 4.80. The van der Waals surface area contributed by atoms with Crippen LogP contribution in [0.1, 0.15) is 5.56 Å². The van der Waals surface area contributed by atoms with Crippen molar-refractivity contribution >= 4 is 11.6 Å². The number of rotatable bonds is 2. The molecule has 0 N–H and O–H groups in total. The summed E-state index contributed by atoms with van der Waals surface area (Å²) in [7, 11) is 0. The summed E-state index contributed by atoms with van der Waals surface area (Å²) in [5, 5.41) is 7.13. The SMILES string of the molecule is FC(F)(F)c1ccccc1Oc1ccc(Cl)nn1. The zero-order valence-corrected chi connectivity index (χ0v) is 9.53. The maximum Gasteiger partial charge on any atom is 0.419 e. The van der Waals surface area contributed by atoms with Gasteiger partial charge in [0.25, 0.3) is 0 Å². The van der Waals surface area contributed by atoms with E-state index in [0.717, 1.165) is 6.07 Å². The molecular weight excluding hydrogens is 269 g/mol. The highest BCUT2D eigenvalue weighted by molar-refractivity contribution is 6.29. The topological polar surface area (TPSA) is 35.0 Å². The maximum atomic E-state index is 12.7. The normalized spacial score (nSPS) is 11.3. The molecule has 1 aromatic carbocycles. The Bertz CT molecular complexity index is 543. The molecule has 0 atom stereocenters. The van der Waals surface area contributed by atoms with Gasteiger partial charge in [-0.25, -0.2) is 0 Å². The molecule has 3 nitrogen and oxygen atoms in total. The number of alkyl halides is 3. The molecule has 0 saturated carbocycles. The number of benzene rings is 1. The molecule has 0 aliphatic heterocycles. The van der Waals surface area contributed by atoms with Crippen molar-refractivity contribution in [2.75, 3.05) is 0 Å². The van der Waals surface area contributed by atoms with Crippen molar-refractivity contribution in [3.8, 4) is 11.6 Å². The van der Waals surface area contributed by atoms with E-state index in [9.17, 15) is 13.2 Å². The van der Waals surface area contributed by atoms with Crippen molar-refractivity contribution in [2.45, 2.75) is 6.18 Å². The predicted molar refractivity (Wildman–Crippen MR) is 58.6 cm³/mol. The van der Waals surface area contributed by atoms with Crippen LogP contribution in [-0.2, 0) is 6.18 Å². The molecule has 94 valence electrons. The van der Waals surface area contributed by atoms with E-state index in [-0.39, 0.29) is 16.8 Å². The first kappa shape index (κ1) is 12.6. The molecule has 0 fully saturated rings. The summed E-state index contributed by atoms with van der Waals surface area (Å²) in [6, 6.07) is 7.57. The Hall–Kier alpha value is -1.82. The van der Waals surface area contributed by atoms with Crippen LogP contribution in [-0.4, -0.2) is 10.2 Å². The zero-order valence-electron chi connectivity index (χ0n) is 8.78. The second-order valence-electron chi connectivity index (χ2n) is 3.29. The van der Waals surface area contributed by atoms with Gasteiger partial charge in [-0.3, -0.25) is 0 Å². The third kappa shape index (κ3) is 2.89. The highest BCUT2D eigenvalue weighted by atomic mass is 35.5. The molecule has 0 amide bonds. The van der Waals surface area contributed by atoms with Crippen molar-refractivity contribution in [3.63, 3.8) is 0 Å². The summed E-state index contributed by atoms with van der Waals surface area (Å²) in [4.78, 5) is 0. The minimum Gasteiger partial charge on any atom is -0.437 e. The molecule has 7 heteroatoms. The van der Waals surface area contributed by atoms with Gasteiger partial charge in [0.15, 0.2) is 5.15 Å². The van der Waals surface area contributed by atoms with E-state index in [4.69, 9.17) is 16.3 Å². The number of para-hydroxylation sites is 1. The Morgan fingerprint density at radius 2 is 1.72 bits per heavy atom. The van der Waals surface area contributed by atoms with Crippen molar-refractivity contribution in [3.05, 3.63) is 47.1 Å².